The van der Waals surface area contributed by atoms with Gasteiger partial charge in [0, 0.05) is 6.54 Å². The van der Waals surface area contributed by atoms with Crippen molar-refractivity contribution in [3.05, 3.63) is 35.6 Å². The van der Waals surface area contributed by atoms with Crippen molar-refractivity contribution >= 4 is 26.8 Å². The minimum absolute atomic E-state index is 0.0282. The molecule has 0 aromatic heterocycles. The van der Waals surface area contributed by atoms with E-state index in [0.717, 1.165) is 22.9 Å². The van der Waals surface area contributed by atoms with Crippen LogP contribution in [-0.2, 0) is 16.3 Å². The van der Waals surface area contributed by atoms with Crippen molar-refractivity contribution in [2.24, 2.45) is 4.99 Å². The first-order valence-electron chi connectivity index (χ1n) is 7.40. The Morgan fingerprint density at radius 2 is 2.05 bits per heavy atom. The van der Waals surface area contributed by atoms with Crippen molar-refractivity contribution in [3.8, 4) is 0 Å². The fourth-order valence-electron chi connectivity index (χ4n) is 3.00. The second-order valence-electron chi connectivity index (χ2n) is 5.63. The molecule has 2 heterocycles. The number of benzene rings is 1. The number of thioether (sulfide) groups is 1. The van der Waals surface area contributed by atoms with Gasteiger partial charge >= 0.3 is 0 Å². The third-order valence-corrected chi connectivity index (χ3v) is 6.63. The van der Waals surface area contributed by atoms with Crippen LogP contribution in [0.2, 0.25) is 0 Å². The fourth-order valence-corrected chi connectivity index (χ4v) is 5.74. The molecule has 0 radical (unpaired) electrons. The number of hydrogen-bond acceptors (Lipinski definition) is 5. The number of aliphatic imine (C=N–C) groups is 1. The number of sulfone groups is 1. The summed E-state index contributed by atoms with van der Waals surface area (Å²) in [5, 5.41) is 0.953. The largest absolute Gasteiger partial charge is 0.345 e. The Bertz CT molecular complexity index is 673. The topological polar surface area (TPSA) is 49.7 Å². The molecule has 1 aromatic rings. The van der Waals surface area contributed by atoms with E-state index in [2.05, 4.69) is 16.8 Å². The van der Waals surface area contributed by atoms with Crippen LogP contribution < -0.4 is 0 Å². The summed E-state index contributed by atoms with van der Waals surface area (Å²) in [6.45, 7) is 2.78. The highest BCUT2D eigenvalue weighted by Crippen LogP contribution is 2.31. The van der Waals surface area contributed by atoms with Gasteiger partial charge in [-0.25, -0.2) is 12.8 Å². The zero-order valence-electron chi connectivity index (χ0n) is 12.4. The normalized spacial score (nSPS) is 26.1. The van der Waals surface area contributed by atoms with Gasteiger partial charge in [-0.15, -0.1) is 0 Å². The lowest BCUT2D eigenvalue weighted by molar-refractivity contribution is 0.352. The Balaban J connectivity index is 1.72. The molecule has 22 heavy (non-hydrogen) atoms. The van der Waals surface area contributed by atoms with E-state index >= 15 is 0 Å². The Kier molecular flexibility index (Phi) is 4.45. The first kappa shape index (κ1) is 15.8. The van der Waals surface area contributed by atoms with Crippen LogP contribution in [0.1, 0.15) is 12.5 Å². The summed E-state index contributed by atoms with van der Waals surface area (Å²) in [7, 11) is -2.97. The van der Waals surface area contributed by atoms with Crippen LogP contribution in [0.3, 0.4) is 0 Å². The van der Waals surface area contributed by atoms with Gasteiger partial charge in [0.05, 0.1) is 23.6 Å². The van der Waals surface area contributed by atoms with Crippen molar-refractivity contribution in [1.29, 1.82) is 0 Å². The highest BCUT2D eigenvalue weighted by atomic mass is 32.2. The van der Waals surface area contributed by atoms with Crippen molar-refractivity contribution in [2.75, 3.05) is 23.8 Å². The average molecular weight is 342 g/mol. The third-order valence-electron chi connectivity index (χ3n) is 4.04. The first-order chi connectivity index (χ1) is 10.5. The molecule has 1 aromatic carbocycles. The molecule has 7 heteroatoms. The number of rotatable bonds is 4. The SMILES string of the molecule is CCSC1=N[C@H]2CS(=O)(=O)C[C@@H]2N1CCc1ccc(F)cc1. The van der Waals surface area contributed by atoms with Crippen LogP contribution in [0.25, 0.3) is 0 Å². The van der Waals surface area contributed by atoms with E-state index in [1.54, 1.807) is 23.9 Å². The lowest BCUT2D eigenvalue weighted by Gasteiger charge is -2.26. The van der Waals surface area contributed by atoms with Gasteiger partial charge in [0.1, 0.15) is 5.82 Å². The van der Waals surface area contributed by atoms with Crippen LogP contribution >= 0.6 is 11.8 Å². The van der Waals surface area contributed by atoms with Crippen LogP contribution in [-0.4, -0.2) is 54.4 Å². The Labute approximate surface area is 134 Å². The second kappa shape index (κ2) is 6.20. The maximum absolute atomic E-state index is 13.0. The predicted molar refractivity (Wildman–Crippen MR) is 88.6 cm³/mol. The quantitative estimate of drug-likeness (QED) is 0.839. The second-order valence-corrected chi connectivity index (χ2v) is 9.01. The van der Waals surface area contributed by atoms with E-state index in [1.165, 1.54) is 12.1 Å². The summed E-state index contributed by atoms with van der Waals surface area (Å²) in [6, 6.07) is 6.32. The highest BCUT2D eigenvalue weighted by Gasteiger charge is 2.46. The van der Waals surface area contributed by atoms with Gasteiger partial charge < -0.3 is 4.90 Å². The number of amidine groups is 1. The molecule has 120 valence electrons. The number of nitrogens with zero attached hydrogens (tertiary/aromatic N) is 2. The minimum atomic E-state index is -2.97. The predicted octanol–water partition coefficient (Wildman–Crippen LogP) is 1.96. The molecule has 0 unspecified atom stereocenters. The summed E-state index contributed by atoms with van der Waals surface area (Å²) < 4.78 is 36.6. The van der Waals surface area contributed by atoms with Crippen LogP contribution in [0.15, 0.2) is 29.3 Å². The van der Waals surface area contributed by atoms with Gasteiger partial charge in [-0.3, -0.25) is 4.99 Å². The molecule has 2 aliphatic heterocycles. The molecule has 2 atom stereocenters. The molecule has 1 saturated heterocycles. The third kappa shape index (κ3) is 3.30. The smallest absolute Gasteiger partial charge is 0.159 e. The van der Waals surface area contributed by atoms with E-state index in [0.29, 0.717) is 6.54 Å². The number of halogens is 1. The Morgan fingerprint density at radius 1 is 1.32 bits per heavy atom. The van der Waals surface area contributed by atoms with Crippen LogP contribution in [0.4, 0.5) is 4.39 Å². The first-order valence-corrected chi connectivity index (χ1v) is 10.2. The average Bonchev–Trinajstić information content (AvgIpc) is 2.91. The van der Waals surface area contributed by atoms with Crippen molar-refractivity contribution in [3.63, 3.8) is 0 Å². The molecule has 0 aliphatic carbocycles. The summed E-state index contributed by atoms with van der Waals surface area (Å²) in [6.07, 6.45) is 0.757. The highest BCUT2D eigenvalue weighted by molar-refractivity contribution is 8.13. The maximum atomic E-state index is 13.0. The molecule has 4 nitrogen and oxygen atoms in total. The van der Waals surface area contributed by atoms with Crippen molar-refractivity contribution < 1.29 is 12.8 Å². The summed E-state index contributed by atoms with van der Waals surface area (Å²) in [5.74, 6) is 1.03. The van der Waals surface area contributed by atoms with E-state index in [4.69, 9.17) is 0 Å². The van der Waals surface area contributed by atoms with E-state index in [1.807, 2.05) is 0 Å². The van der Waals surface area contributed by atoms with E-state index in [-0.39, 0.29) is 29.4 Å². The molecule has 0 N–H and O–H groups in total. The summed E-state index contributed by atoms with van der Waals surface area (Å²) in [5.41, 5.74) is 1.05. The number of hydrogen-bond donors (Lipinski definition) is 0. The molecule has 3 rings (SSSR count). The molecule has 0 spiro atoms. The molecule has 0 amide bonds. The summed E-state index contributed by atoms with van der Waals surface area (Å²) in [4.78, 5) is 6.74. The van der Waals surface area contributed by atoms with E-state index < -0.39 is 9.84 Å². The van der Waals surface area contributed by atoms with Crippen LogP contribution in [0.5, 0.6) is 0 Å². The van der Waals surface area contributed by atoms with Crippen molar-refractivity contribution in [2.45, 2.75) is 25.4 Å². The standard InChI is InChI=1S/C15H19FN2O2S2/c1-2-21-15-17-13-9-22(19,20)10-14(13)18(15)8-7-11-3-5-12(16)6-4-11/h3-6,13-14H,2,7-10H2,1H3/t13-,14-/m0/s1. The molecule has 2 aliphatic rings. The molecule has 0 bridgehead atoms. The minimum Gasteiger partial charge on any atom is -0.345 e. The lowest BCUT2D eigenvalue weighted by Crippen LogP contribution is -2.40. The Hall–Kier alpha value is -1.08. The molecular weight excluding hydrogens is 323 g/mol. The number of fused-ring (bicyclic) bond motifs is 1. The lowest BCUT2D eigenvalue weighted by atomic mass is 10.1. The van der Waals surface area contributed by atoms with Gasteiger partial charge in [0.2, 0.25) is 0 Å². The van der Waals surface area contributed by atoms with Gasteiger partial charge in [-0.1, -0.05) is 30.8 Å². The Morgan fingerprint density at radius 3 is 2.73 bits per heavy atom. The van der Waals surface area contributed by atoms with Crippen LogP contribution in [0, 0.1) is 5.82 Å². The monoisotopic (exact) mass is 342 g/mol. The van der Waals surface area contributed by atoms with Gasteiger partial charge in [-0.2, -0.15) is 0 Å². The molecule has 0 saturated carbocycles. The van der Waals surface area contributed by atoms with Crippen molar-refractivity contribution in [1.82, 2.24) is 4.90 Å². The zero-order chi connectivity index (χ0) is 15.7. The maximum Gasteiger partial charge on any atom is 0.159 e. The summed E-state index contributed by atoms with van der Waals surface area (Å²) >= 11 is 1.66. The molecule has 1 fully saturated rings. The fraction of sp³-hybridized carbons (Fsp3) is 0.533. The van der Waals surface area contributed by atoms with E-state index in [9.17, 15) is 12.8 Å². The van der Waals surface area contributed by atoms with Gasteiger partial charge in [0.25, 0.3) is 0 Å². The molecular formula is C15H19FN2O2S2. The van der Waals surface area contributed by atoms with Gasteiger partial charge in [0.15, 0.2) is 15.0 Å². The zero-order valence-corrected chi connectivity index (χ0v) is 14.0. The van der Waals surface area contributed by atoms with Gasteiger partial charge in [-0.05, 0) is 29.9 Å².